The highest BCUT2D eigenvalue weighted by Crippen LogP contribution is 2.28. The summed E-state index contributed by atoms with van der Waals surface area (Å²) in [6.45, 7) is 2.64. The van der Waals surface area contributed by atoms with Gasteiger partial charge in [-0.1, -0.05) is 18.2 Å². The number of hydrogen-bond donors (Lipinski definition) is 1. The Balaban J connectivity index is 1.58. The molecule has 2 heterocycles. The van der Waals surface area contributed by atoms with Gasteiger partial charge in [0.2, 0.25) is 0 Å². The number of fused-ring (bicyclic) bond motifs is 1. The molecule has 0 aromatic heterocycles. The molecule has 0 radical (unpaired) electrons. The first-order valence-electron chi connectivity index (χ1n) is 7.75. The van der Waals surface area contributed by atoms with E-state index < -0.39 is 6.16 Å². The standard InChI is InChI=1S/C17H21NO5/c1-21-17(20)23-16-10-18(7-6-14(16)19)9-12-8-13-4-2-3-5-15(13)22-11-12/h2-5,12,19H,6-11H2,1H3. The van der Waals surface area contributed by atoms with Gasteiger partial charge in [0.25, 0.3) is 0 Å². The molecule has 6 nitrogen and oxygen atoms in total. The summed E-state index contributed by atoms with van der Waals surface area (Å²) in [6.07, 6.45) is 0.634. The molecule has 0 fully saturated rings. The first-order chi connectivity index (χ1) is 11.2. The van der Waals surface area contributed by atoms with Crippen molar-refractivity contribution in [2.75, 3.05) is 33.4 Å². The Hall–Kier alpha value is -2.21. The molecule has 0 saturated carbocycles. The average molecular weight is 319 g/mol. The van der Waals surface area contributed by atoms with Gasteiger partial charge in [0.15, 0.2) is 5.76 Å². The summed E-state index contributed by atoms with van der Waals surface area (Å²) in [6, 6.07) is 8.09. The summed E-state index contributed by atoms with van der Waals surface area (Å²) >= 11 is 0. The molecule has 23 heavy (non-hydrogen) atoms. The summed E-state index contributed by atoms with van der Waals surface area (Å²) in [5.41, 5.74) is 1.23. The van der Waals surface area contributed by atoms with Crippen molar-refractivity contribution >= 4 is 6.16 Å². The SMILES string of the molecule is COC(=O)OC1=C(O)CCN(CC2COc3ccccc3C2)C1. The van der Waals surface area contributed by atoms with Crippen LogP contribution in [0.5, 0.6) is 5.75 Å². The molecule has 1 unspecified atom stereocenters. The predicted molar refractivity (Wildman–Crippen MR) is 83.3 cm³/mol. The van der Waals surface area contributed by atoms with E-state index in [1.54, 1.807) is 0 Å². The smallest absolute Gasteiger partial charge is 0.509 e. The molecule has 6 heteroatoms. The third-order valence-electron chi connectivity index (χ3n) is 4.20. The van der Waals surface area contributed by atoms with Crippen molar-refractivity contribution in [1.82, 2.24) is 4.90 Å². The maximum atomic E-state index is 11.2. The van der Waals surface area contributed by atoms with Crippen LogP contribution in [0, 0.1) is 5.92 Å². The van der Waals surface area contributed by atoms with E-state index in [1.165, 1.54) is 12.7 Å². The molecule has 0 spiro atoms. The minimum atomic E-state index is -0.802. The van der Waals surface area contributed by atoms with E-state index in [4.69, 9.17) is 9.47 Å². The molecule has 1 atom stereocenters. The lowest BCUT2D eigenvalue weighted by Gasteiger charge is -2.33. The maximum Gasteiger partial charge on any atom is 0.513 e. The fourth-order valence-electron chi connectivity index (χ4n) is 3.04. The molecule has 1 aromatic carbocycles. The third-order valence-corrected chi connectivity index (χ3v) is 4.20. The van der Waals surface area contributed by atoms with Gasteiger partial charge in [-0.05, 0) is 18.1 Å². The Bertz CT molecular complexity index is 613. The molecule has 2 aliphatic heterocycles. The first-order valence-corrected chi connectivity index (χ1v) is 7.75. The predicted octanol–water partition coefficient (Wildman–Crippen LogP) is 2.50. The average Bonchev–Trinajstić information content (AvgIpc) is 2.57. The number of ether oxygens (including phenoxy) is 3. The van der Waals surface area contributed by atoms with Crippen molar-refractivity contribution in [2.45, 2.75) is 12.8 Å². The first kappa shape index (κ1) is 15.7. The highest BCUT2D eigenvalue weighted by molar-refractivity contribution is 5.61. The van der Waals surface area contributed by atoms with E-state index >= 15 is 0 Å². The Morgan fingerprint density at radius 1 is 1.43 bits per heavy atom. The number of aliphatic hydroxyl groups excluding tert-OH is 1. The number of carbonyl (C=O) groups excluding carboxylic acids is 1. The lowest BCUT2D eigenvalue weighted by atomic mass is 9.96. The lowest BCUT2D eigenvalue weighted by molar-refractivity contribution is 0.0740. The van der Waals surface area contributed by atoms with Crippen LogP contribution in [0.1, 0.15) is 12.0 Å². The highest BCUT2D eigenvalue weighted by atomic mass is 16.7. The normalized spacial score (nSPS) is 21.3. The molecule has 0 saturated heterocycles. The summed E-state index contributed by atoms with van der Waals surface area (Å²) < 4.78 is 15.3. The Labute approximate surface area is 135 Å². The number of hydrogen-bond acceptors (Lipinski definition) is 6. The summed E-state index contributed by atoms with van der Waals surface area (Å²) in [5, 5.41) is 9.86. The Morgan fingerprint density at radius 2 is 2.26 bits per heavy atom. The molecule has 0 amide bonds. The quantitative estimate of drug-likeness (QED) is 0.863. The van der Waals surface area contributed by atoms with Crippen LogP contribution in [0.2, 0.25) is 0 Å². The second-order valence-corrected chi connectivity index (χ2v) is 5.90. The zero-order valence-electron chi connectivity index (χ0n) is 13.2. The summed E-state index contributed by atoms with van der Waals surface area (Å²) in [7, 11) is 1.25. The van der Waals surface area contributed by atoms with E-state index in [-0.39, 0.29) is 11.5 Å². The number of benzene rings is 1. The van der Waals surface area contributed by atoms with E-state index in [0.717, 1.165) is 25.3 Å². The van der Waals surface area contributed by atoms with Crippen molar-refractivity contribution in [3.05, 3.63) is 41.3 Å². The maximum absolute atomic E-state index is 11.2. The third kappa shape index (κ3) is 3.76. The minimum absolute atomic E-state index is 0.122. The van der Waals surface area contributed by atoms with Crippen LogP contribution in [0.3, 0.4) is 0 Å². The number of rotatable bonds is 3. The molecule has 0 bridgehead atoms. The van der Waals surface area contributed by atoms with Gasteiger partial charge in [0, 0.05) is 25.4 Å². The summed E-state index contributed by atoms with van der Waals surface area (Å²) in [4.78, 5) is 13.4. The minimum Gasteiger partial charge on any atom is -0.509 e. The van der Waals surface area contributed by atoms with Gasteiger partial charge in [0.1, 0.15) is 11.5 Å². The van der Waals surface area contributed by atoms with E-state index in [2.05, 4.69) is 15.7 Å². The topological polar surface area (TPSA) is 68.2 Å². The van der Waals surface area contributed by atoms with Gasteiger partial charge < -0.3 is 19.3 Å². The largest absolute Gasteiger partial charge is 0.513 e. The van der Waals surface area contributed by atoms with Crippen molar-refractivity contribution in [2.24, 2.45) is 5.92 Å². The van der Waals surface area contributed by atoms with Crippen LogP contribution in [-0.2, 0) is 15.9 Å². The molecule has 3 rings (SSSR count). The Kier molecular flexibility index (Phi) is 4.71. The lowest BCUT2D eigenvalue weighted by Crippen LogP contribution is -2.39. The fraction of sp³-hybridized carbons (Fsp3) is 0.471. The van der Waals surface area contributed by atoms with Crippen molar-refractivity contribution in [1.29, 1.82) is 0 Å². The molecular formula is C17H21NO5. The Morgan fingerprint density at radius 3 is 3.09 bits per heavy atom. The van der Waals surface area contributed by atoms with Crippen LogP contribution in [0.25, 0.3) is 0 Å². The van der Waals surface area contributed by atoms with Gasteiger partial charge in [0.05, 0.1) is 20.3 Å². The number of aliphatic hydroxyl groups is 1. The van der Waals surface area contributed by atoms with Crippen LogP contribution < -0.4 is 4.74 Å². The molecule has 2 aliphatic rings. The van der Waals surface area contributed by atoms with Crippen molar-refractivity contribution in [3.8, 4) is 5.75 Å². The number of para-hydroxylation sites is 1. The van der Waals surface area contributed by atoms with E-state index in [0.29, 0.717) is 25.5 Å². The van der Waals surface area contributed by atoms with Crippen LogP contribution in [0.4, 0.5) is 4.79 Å². The fourth-order valence-corrected chi connectivity index (χ4v) is 3.04. The monoisotopic (exact) mass is 319 g/mol. The highest BCUT2D eigenvalue weighted by Gasteiger charge is 2.27. The van der Waals surface area contributed by atoms with Gasteiger partial charge in [-0.2, -0.15) is 0 Å². The molecule has 124 valence electrons. The van der Waals surface area contributed by atoms with E-state index in [9.17, 15) is 9.90 Å². The number of carbonyl (C=O) groups is 1. The number of nitrogens with zero attached hydrogens (tertiary/aromatic N) is 1. The van der Waals surface area contributed by atoms with Crippen LogP contribution in [0.15, 0.2) is 35.8 Å². The van der Waals surface area contributed by atoms with Gasteiger partial charge in [-0.25, -0.2) is 4.79 Å². The number of methoxy groups -OCH3 is 1. The van der Waals surface area contributed by atoms with Crippen molar-refractivity contribution < 1.29 is 24.1 Å². The van der Waals surface area contributed by atoms with Crippen molar-refractivity contribution in [3.63, 3.8) is 0 Å². The summed E-state index contributed by atoms with van der Waals surface area (Å²) in [5.74, 6) is 1.75. The zero-order chi connectivity index (χ0) is 16.2. The molecule has 1 N–H and O–H groups in total. The van der Waals surface area contributed by atoms with E-state index in [1.807, 2.05) is 18.2 Å². The molecule has 0 aliphatic carbocycles. The van der Waals surface area contributed by atoms with Gasteiger partial charge in [-0.3, -0.25) is 4.90 Å². The molecular weight excluding hydrogens is 298 g/mol. The zero-order valence-corrected chi connectivity index (χ0v) is 13.2. The van der Waals surface area contributed by atoms with Crippen LogP contribution in [-0.4, -0.2) is 49.5 Å². The molecule has 1 aromatic rings. The second kappa shape index (κ2) is 6.91. The van der Waals surface area contributed by atoms with Crippen LogP contribution >= 0.6 is 0 Å². The second-order valence-electron chi connectivity index (χ2n) is 5.90. The van der Waals surface area contributed by atoms with Gasteiger partial charge in [-0.15, -0.1) is 0 Å². The van der Waals surface area contributed by atoms with Gasteiger partial charge >= 0.3 is 6.16 Å².